The summed E-state index contributed by atoms with van der Waals surface area (Å²) in [5.41, 5.74) is 0.465. The van der Waals surface area contributed by atoms with Crippen molar-refractivity contribution in [1.29, 1.82) is 0 Å². The van der Waals surface area contributed by atoms with E-state index in [1.165, 1.54) is 0 Å². The topological polar surface area (TPSA) is 55.5 Å². The van der Waals surface area contributed by atoms with Gasteiger partial charge in [-0.1, -0.05) is 6.92 Å². The molecule has 0 radical (unpaired) electrons. The largest absolute Gasteiger partial charge is 0.495 e. The molecule has 2 aromatic heterocycles. The first-order chi connectivity index (χ1) is 8.26. The number of rotatable bonds is 4. The fourth-order valence-electron chi connectivity index (χ4n) is 1.65. The number of furan rings is 1. The Bertz CT molecular complexity index is 493. The van der Waals surface area contributed by atoms with Crippen molar-refractivity contribution in [3.8, 4) is 5.75 Å². The molecule has 0 bridgehead atoms. The van der Waals surface area contributed by atoms with Crippen LogP contribution in [0.15, 0.2) is 34.9 Å². The monoisotopic (exact) mass is 233 g/mol. The van der Waals surface area contributed by atoms with Crippen LogP contribution in [0.5, 0.6) is 5.75 Å². The molecule has 1 N–H and O–H groups in total. The number of aryl methyl sites for hydroxylation is 1. The smallest absolute Gasteiger partial charge is 0.157 e. The third-order valence-corrected chi connectivity index (χ3v) is 2.58. The lowest BCUT2D eigenvalue weighted by Gasteiger charge is -2.11. The van der Waals surface area contributed by atoms with E-state index in [9.17, 15) is 5.11 Å². The van der Waals surface area contributed by atoms with Crippen LogP contribution in [0.3, 0.4) is 0 Å². The van der Waals surface area contributed by atoms with Gasteiger partial charge in [0, 0.05) is 12.6 Å². The predicted molar refractivity (Wildman–Crippen MR) is 62.9 cm³/mol. The Morgan fingerprint density at radius 2 is 2.24 bits per heavy atom. The lowest BCUT2D eigenvalue weighted by molar-refractivity contribution is 0.178. The van der Waals surface area contributed by atoms with Crippen LogP contribution in [-0.4, -0.2) is 17.2 Å². The van der Waals surface area contributed by atoms with Crippen molar-refractivity contribution in [3.05, 3.63) is 47.7 Å². The predicted octanol–water partition coefficient (Wildman–Crippen LogP) is 2.33. The minimum atomic E-state index is -0.897. The van der Waals surface area contributed by atoms with Gasteiger partial charge in [-0.25, -0.2) is 0 Å². The second kappa shape index (κ2) is 5.01. The number of pyridine rings is 1. The minimum absolute atomic E-state index is 0.465. The SMILES string of the molecule is CCc1ccc(C(O)c2ncccc2OC)o1. The number of nitrogens with zero attached hydrogens (tertiary/aromatic N) is 1. The van der Waals surface area contributed by atoms with Crippen LogP contribution in [0, 0.1) is 0 Å². The summed E-state index contributed by atoms with van der Waals surface area (Å²) in [7, 11) is 1.55. The second-order valence-corrected chi connectivity index (χ2v) is 3.65. The summed E-state index contributed by atoms with van der Waals surface area (Å²) in [5, 5.41) is 10.2. The fourth-order valence-corrected chi connectivity index (χ4v) is 1.65. The van der Waals surface area contributed by atoms with E-state index in [1.54, 1.807) is 31.5 Å². The fraction of sp³-hybridized carbons (Fsp3) is 0.308. The average molecular weight is 233 g/mol. The van der Waals surface area contributed by atoms with Crippen LogP contribution in [-0.2, 0) is 6.42 Å². The molecule has 0 aromatic carbocycles. The van der Waals surface area contributed by atoms with Crippen molar-refractivity contribution >= 4 is 0 Å². The molecule has 0 spiro atoms. The first-order valence-electron chi connectivity index (χ1n) is 5.51. The Kier molecular flexibility index (Phi) is 3.44. The highest BCUT2D eigenvalue weighted by Gasteiger charge is 2.19. The Morgan fingerprint density at radius 3 is 2.88 bits per heavy atom. The molecule has 90 valence electrons. The highest BCUT2D eigenvalue weighted by Crippen LogP contribution is 2.28. The summed E-state index contributed by atoms with van der Waals surface area (Å²) in [4.78, 5) is 4.13. The Balaban J connectivity index is 2.32. The quantitative estimate of drug-likeness (QED) is 0.880. The van der Waals surface area contributed by atoms with Gasteiger partial charge in [-0.2, -0.15) is 0 Å². The highest BCUT2D eigenvalue weighted by molar-refractivity contribution is 5.32. The molecule has 4 heteroatoms. The van der Waals surface area contributed by atoms with Crippen LogP contribution in [0.25, 0.3) is 0 Å². The number of methoxy groups -OCH3 is 1. The van der Waals surface area contributed by atoms with Crippen molar-refractivity contribution in [2.45, 2.75) is 19.4 Å². The number of hydrogen-bond acceptors (Lipinski definition) is 4. The molecule has 0 saturated heterocycles. The molecule has 1 unspecified atom stereocenters. The van der Waals surface area contributed by atoms with E-state index in [0.717, 1.165) is 12.2 Å². The van der Waals surface area contributed by atoms with E-state index in [4.69, 9.17) is 9.15 Å². The van der Waals surface area contributed by atoms with Gasteiger partial charge in [0.05, 0.1) is 7.11 Å². The van der Waals surface area contributed by atoms with Crippen LogP contribution in [0.2, 0.25) is 0 Å². The maximum absolute atomic E-state index is 10.2. The van der Waals surface area contributed by atoms with E-state index in [2.05, 4.69) is 4.98 Å². The van der Waals surface area contributed by atoms with E-state index >= 15 is 0 Å². The number of hydrogen-bond donors (Lipinski definition) is 1. The highest BCUT2D eigenvalue weighted by atomic mass is 16.5. The molecule has 2 rings (SSSR count). The molecule has 0 saturated carbocycles. The maximum atomic E-state index is 10.2. The van der Waals surface area contributed by atoms with Crippen LogP contribution >= 0.6 is 0 Å². The molecule has 2 aromatic rings. The summed E-state index contributed by atoms with van der Waals surface area (Å²) in [6.07, 6.45) is 1.52. The molecule has 4 nitrogen and oxygen atoms in total. The molecule has 0 fully saturated rings. The van der Waals surface area contributed by atoms with Gasteiger partial charge in [-0.3, -0.25) is 4.98 Å². The lowest BCUT2D eigenvalue weighted by atomic mass is 10.1. The second-order valence-electron chi connectivity index (χ2n) is 3.65. The van der Waals surface area contributed by atoms with Crippen molar-refractivity contribution in [2.24, 2.45) is 0 Å². The van der Waals surface area contributed by atoms with E-state index in [0.29, 0.717) is 17.2 Å². The van der Waals surface area contributed by atoms with E-state index in [1.807, 2.05) is 13.0 Å². The number of aromatic nitrogens is 1. The summed E-state index contributed by atoms with van der Waals surface area (Å²) in [6.45, 7) is 2.00. The van der Waals surface area contributed by atoms with E-state index in [-0.39, 0.29) is 0 Å². The Labute approximate surface area is 99.9 Å². The van der Waals surface area contributed by atoms with Crippen molar-refractivity contribution in [3.63, 3.8) is 0 Å². The number of ether oxygens (including phenoxy) is 1. The number of aliphatic hydroxyl groups is 1. The van der Waals surface area contributed by atoms with Gasteiger partial charge in [0.2, 0.25) is 0 Å². The molecular formula is C13H15NO3. The first kappa shape index (κ1) is 11.7. The molecule has 17 heavy (non-hydrogen) atoms. The van der Waals surface area contributed by atoms with Gasteiger partial charge in [0.1, 0.15) is 23.0 Å². The normalized spacial score (nSPS) is 12.4. The molecule has 0 aliphatic rings. The molecular weight excluding hydrogens is 218 g/mol. The number of aliphatic hydroxyl groups excluding tert-OH is 1. The third kappa shape index (κ3) is 2.31. The van der Waals surface area contributed by atoms with Gasteiger partial charge in [-0.15, -0.1) is 0 Å². The summed E-state index contributed by atoms with van der Waals surface area (Å²) < 4.78 is 10.7. The zero-order valence-corrected chi connectivity index (χ0v) is 9.88. The lowest BCUT2D eigenvalue weighted by Crippen LogP contribution is -2.03. The Hall–Kier alpha value is -1.81. The van der Waals surface area contributed by atoms with Crippen molar-refractivity contribution in [2.75, 3.05) is 7.11 Å². The van der Waals surface area contributed by atoms with Gasteiger partial charge >= 0.3 is 0 Å². The van der Waals surface area contributed by atoms with Gasteiger partial charge in [-0.05, 0) is 24.3 Å². The third-order valence-electron chi connectivity index (χ3n) is 2.58. The van der Waals surface area contributed by atoms with Crippen molar-refractivity contribution in [1.82, 2.24) is 4.98 Å². The minimum Gasteiger partial charge on any atom is -0.495 e. The summed E-state index contributed by atoms with van der Waals surface area (Å²) >= 11 is 0. The zero-order chi connectivity index (χ0) is 12.3. The van der Waals surface area contributed by atoms with Crippen LogP contribution < -0.4 is 4.74 Å². The van der Waals surface area contributed by atoms with E-state index < -0.39 is 6.10 Å². The van der Waals surface area contributed by atoms with Gasteiger partial charge in [0.15, 0.2) is 6.10 Å². The van der Waals surface area contributed by atoms with Crippen LogP contribution in [0.4, 0.5) is 0 Å². The molecule has 0 aliphatic carbocycles. The molecule has 0 aliphatic heterocycles. The van der Waals surface area contributed by atoms with Crippen LogP contribution in [0.1, 0.15) is 30.2 Å². The van der Waals surface area contributed by atoms with Gasteiger partial charge in [0.25, 0.3) is 0 Å². The molecule has 0 amide bonds. The molecule has 1 atom stereocenters. The first-order valence-corrected chi connectivity index (χ1v) is 5.51. The summed E-state index contributed by atoms with van der Waals surface area (Å²) in [5.74, 6) is 1.88. The summed E-state index contributed by atoms with van der Waals surface area (Å²) in [6, 6.07) is 7.13. The standard InChI is InChI=1S/C13H15NO3/c1-3-9-6-7-11(17-9)13(15)12-10(16-2)5-4-8-14-12/h4-8,13,15H,3H2,1-2H3. The van der Waals surface area contributed by atoms with Crippen molar-refractivity contribution < 1.29 is 14.3 Å². The average Bonchev–Trinajstić information content (AvgIpc) is 2.86. The Morgan fingerprint density at radius 1 is 1.41 bits per heavy atom. The van der Waals surface area contributed by atoms with Gasteiger partial charge < -0.3 is 14.3 Å². The maximum Gasteiger partial charge on any atom is 0.157 e. The molecule has 2 heterocycles. The zero-order valence-electron chi connectivity index (χ0n) is 9.88.